The Hall–Kier alpha value is -0.0800. The van der Waals surface area contributed by atoms with E-state index in [1.807, 2.05) is 6.92 Å². The largest absolute Gasteiger partial charge is 0.390 e. The molecule has 18 heavy (non-hydrogen) atoms. The van der Waals surface area contributed by atoms with E-state index >= 15 is 0 Å². The number of rotatable bonds is 9. The van der Waals surface area contributed by atoms with Gasteiger partial charge in [0.05, 0.1) is 5.60 Å². The highest BCUT2D eigenvalue weighted by Gasteiger charge is 2.19. The van der Waals surface area contributed by atoms with Crippen molar-refractivity contribution in [1.82, 2.24) is 5.32 Å². The van der Waals surface area contributed by atoms with Crippen molar-refractivity contribution < 1.29 is 5.11 Å². The highest BCUT2D eigenvalue weighted by molar-refractivity contribution is 4.73. The topological polar surface area (TPSA) is 32.3 Å². The lowest BCUT2D eigenvalue weighted by Crippen LogP contribution is -2.30. The summed E-state index contributed by atoms with van der Waals surface area (Å²) in [6, 6.07) is 0. The van der Waals surface area contributed by atoms with Gasteiger partial charge < -0.3 is 10.4 Å². The fourth-order valence-corrected chi connectivity index (χ4v) is 2.07. The van der Waals surface area contributed by atoms with Gasteiger partial charge in [0, 0.05) is 0 Å². The van der Waals surface area contributed by atoms with Crippen LogP contribution < -0.4 is 5.32 Å². The van der Waals surface area contributed by atoms with E-state index in [2.05, 4.69) is 39.9 Å². The van der Waals surface area contributed by atoms with Gasteiger partial charge in [0.2, 0.25) is 0 Å². The molecule has 0 heterocycles. The Balaban J connectivity index is 3.58. The van der Waals surface area contributed by atoms with Gasteiger partial charge >= 0.3 is 0 Å². The third-order valence-corrected chi connectivity index (χ3v) is 3.22. The Labute approximate surface area is 115 Å². The fraction of sp³-hybridized carbons (Fsp3) is 1.00. The highest BCUT2D eigenvalue weighted by Crippen LogP contribution is 2.21. The van der Waals surface area contributed by atoms with Crippen molar-refractivity contribution in [3.8, 4) is 0 Å². The van der Waals surface area contributed by atoms with Crippen LogP contribution in [0.15, 0.2) is 0 Å². The molecule has 1 atom stereocenters. The molecule has 0 saturated carbocycles. The van der Waals surface area contributed by atoms with Crippen LogP contribution in [0.5, 0.6) is 0 Å². The van der Waals surface area contributed by atoms with E-state index in [9.17, 15) is 5.11 Å². The molecule has 0 spiro atoms. The Bertz CT molecular complexity index is 204. The van der Waals surface area contributed by atoms with Crippen molar-refractivity contribution in [3.63, 3.8) is 0 Å². The molecule has 0 fully saturated rings. The fourth-order valence-electron chi connectivity index (χ4n) is 2.07. The maximum Gasteiger partial charge on any atom is 0.0620 e. The molecule has 110 valence electrons. The Kier molecular flexibility index (Phi) is 8.13. The summed E-state index contributed by atoms with van der Waals surface area (Å²) in [5.41, 5.74) is -0.127. The molecule has 0 saturated heterocycles. The van der Waals surface area contributed by atoms with Crippen molar-refractivity contribution in [1.29, 1.82) is 0 Å². The van der Waals surface area contributed by atoms with Gasteiger partial charge in [-0.1, -0.05) is 47.5 Å². The first-order valence-corrected chi connectivity index (χ1v) is 7.55. The maximum atomic E-state index is 10.3. The lowest BCUT2D eigenvalue weighted by atomic mass is 9.91. The molecular formula is C16H35NO. The van der Waals surface area contributed by atoms with Gasteiger partial charge in [-0.15, -0.1) is 0 Å². The molecule has 0 aliphatic carbocycles. The van der Waals surface area contributed by atoms with Crippen LogP contribution in [-0.2, 0) is 0 Å². The molecular weight excluding hydrogens is 222 g/mol. The van der Waals surface area contributed by atoms with Crippen LogP contribution >= 0.6 is 0 Å². The van der Waals surface area contributed by atoms with Gasteiger partial charge in [-0.3, -0.25) is 0 Å². The summed E-state index contributed by atoms with van der Waals surface area (Å²) in [5, 5.41) is 13.7. The summed E-state index contributed by atoms with van der Waals surface area (Å²) >= 11 is 0. The second-order valence-corrected chi connectivity index (χ2v) is 7.62. The first-order valence-electron chi connectivity index (χ1n) is 7.55. The molecule has 2 heteroatoms. The second kappa shape index (κ2) is 8.16. The van der Waals surface area contributed by atoms with Crippen molar-refractivity contribution in [2.75, 3.05) is 13.1 Å². The highest BCUT2D eigenvalue weighted by atomic mass is 16.3. The van der Waals surface area contributed by atoms with Crippen LogP contribution in [0.25, 0.3) is 0 Å². The molecule has 0 amide bonds. The van der Waals surface area contributed by atoms with E-state index in [1.165, 1.54) is 6.42 Å². The maximum absolute atomic E-state index is 10.3. The van der Waals surface area contributed by atoms with E-state index in [0.29, 0.717) is 5.41 Å². The van der Waals surface area contributed by atoms with Crippen LogP contribution in [0, 0.1) is 11.3 Å². The summed E-state index contributed by atoms with van der Waals surface area (Å²) < 4.78 is 0. The quantitative estimate of drug-likeness (QED) is 0.612. The van der Waals surface area contributed by atoms with E-state index in [1.54, 1.807) is 0 Å². The van der Waals surface area contributed by atoms with Crippen LogP contribution in [0.1, 0.15) is 73.6 Å². The lowest BCUT2D eigenvalue weighted by Gasteiger charge is -2.24. The smallest absolute Gasteiger partial charge is 0.0620 e. The van der Waals surface area contributed by atoms with E-state index in [4.69, 9.17) is 0 Å². The third kappa shape index (κ3) is 12.4. The van der Waals surface area contributed by atoms with Gasteiger partial charge in [0.15, 0.2) is 0 Å². The summed E-state index contributed by atoms with van der Waals surface area (Å²) in [4.78, 5) is 0. The monoisotopic (exact) mass is 257 g/mol. The molecule has 0 aliphatic heterocycles. The van der Waals surface area contributed by atoms with E-state index < -0.39 is 5.60 Å². The first-order chi connectivity index (χ1) is 8.12. The molecule has 0 bridgehead atoms. The summed E-state index contributed by atoms with van der Waals surface area (Å²) in [5.74, 6) is 0.745. The van der Waals surface area contributed by atoms with Crippen molar-refractivity contribution in [2.45, 2.75) is 79.2 Å². The number of nitrogens with one attached hydrogen (secondary N) is 1. The second-order valence-electron chi connectivity index (χ2n) is 7.62. The zero-order chi connectivity index (χ0) is 14.2. The first kappa shape index (κ1) is 17.9. The molecule has 0 aromatic rings. The van der Waals surface area contributed by atoms with Crippen LogP contribution in [0.3, 0.4) is 0 Å². The van der Waals surface area contributed by atoms with Gasteiger partial charge in [0.25, 0.3) is 0 Å². The van der Waals surface area contributed by atoms with Crippen LogP contribution in [0.2, 0.25) is 0 Å². The summed E-state index contributed by atoms with van der Waals surface area (Å²) in [7, 11) is 0. The lowest BCUT2D eigenvalue weighted by molar-refractivity contribution is 0.0366. The molecule has 0 aromatic carbocycles. The van der Waals surface area contributed by atoms with E-state index in [0.717, 1.165) is 44.7 Å². The van der Waals surface area contributed by atoms with Crippen molar-refractivity contribution in [2.24, 2.45) is 11.3 Å². The van der Waals surface area contributed by atoms with Crippen molar-refractivity contribution in [3.05, 3.63) is 0 Å². The SMILES string of the molecule is CC(C)CCCC(C)(O)CCCNCC(C)(C)C. The number of hydrogen-bond donors (Lipinski definition) is 2. The van der Waals surface area contributed by atoms with Crippen molar-refractivity contribution >= 4 is 0 Å². The molecule has 2 nitrogen and oxygen atoms in total. The summed E-state index contributed by atoms with van der Waals surface area (Å²) in [6.07, 6.45) is 5.26. The van der Waals surface area contributed by atoms with Gasteiger partial charge in [-0.2, -0.15) is 0 Å². The minimum Gasteiger partial charge on any atom is -0.390 e. The Morgan fingerprint density at radius 3 is 2.06 bits per heavy atom. The molecule has 2 N–H and O–H groups in total. The normalized spacial score (nSPS) is 16.0. The zero-order valence-electron chi connectivity index (χ0n) is 13.5. The predicted molar refractivity (Wildman–Crippen MR) is 80.9 cm³/mol. The molecule has 0 radical (unpaired) electrons. The minimum atomic E-state index is -0.474. The van der Waals surface area contributed by atoms with Gasteiger partial charge in [0.1, 0.15) is 0 Å². The average molecular weight is 257 g/mol. The van der Waals surface area contributed by atoms with Crippen LogP contribution in [-0.4, -0.2) is 23.8 Å². The van der Waals surface area contributed by atoms with Gasteiger partial charge in [-0.05, 0) is 50.6 Å². The third-order valence-electron chi connectivity index (χ3n) is 3.22. The Morgan fingerprint density at radius 1 is 1.00 bits per heavy atom. The van der Waals surface area contributed by atoms with Crippen LogP contribution in [0.4, 0.5) is 0 Å². The molecule has 0 aliphatic rings. The number of aliphatic hydroxyl groups is 1. The minimum absolute atomic E-state index is 0.347. The molecule has 0 aromatic heterocycles. The van der Waals surface area contributed by atoms with E-state index in [-0.39, 0.29) is 0 Å². The number of hydrogen-bond acceptors (Lipinski definition) is 2. The molecule has 1 unspecified atom stereocenters. The van der Waals surface area contributed by atoms with Gasteiger partial charge in [-0.25, -0.2) is 0 Å². The standard InChI is InChI=1S/C16H35NO/c1-14(2)9-7-10-16(6,18)11-8-12-17-13-15(3,4)5/h14,17-18H,7-13H2,1-6H3. The molecule has 0 rings (SSSR count). The average Bonchev–Trinajstić information content (AvgIpc) is 2.13. The predicted octanol–water partition coefficient (Wildman–Crippen LogP) is 3.98. The summed E-state index contributed by atoms with van der Waals surface area (Å²) in [6.45, 7) is 15.2. The zero-order valence-corrected chi connectivity index (χ0v) is 13.5. The Morgan fingerprint density at radius 2 is 1.56 bits per heavy atom.